The van der Waals surface area contributed by atoms with E-state index >= 15 is 0 Å². The maximum Gasteiger partial charge on any atom is 0.315 e. The van der Waals surface area contributed by atoms with Gasteiger partial charge in [-0.05, 0) is 45.7 Å². The van der Waals surface area contributed by atoms with E-state index in [4.69, 9.17) is 9.84 Å². The summed E-state index contributed by atoms with van der Waals surface area (Å²) < 4.78 is 5.74. The first-order valence-corrected chi connectivity index (χ1v) is 7.78. The van der Waals surface area contributed by atoms with Crippen LogP contribution in [0.25, 0.3) is 0 Å². The van der Waals surface area contributed by atoms with Crippen LogP contribution in [0.5, 0.6) is 5.75 Å². The number of aliphatic hydroxyl groups excluding tert-OH is 1. The van der Waals surface area contributed by atoms with Gasteiger partial charge in [0, 0.05) is 12.1 Å². The van der Waals surface area contributed by atoms with Crippen LogP contribution in [0.1, 0.15) is 39.2 Å². The predicted octanol–water partition coefficient (Wildman–Crippen LogP) is 2.61. The summed E-state index contributed by atoms with van der Waals surface area (Å²) in [6.45, 7) is 8.31. The molecule has 0 spiro atoms. The second-order valence-corrected chi connectivity index (χ2v) is 5.96. The van der Waals surface area contributed by atoms with E-state index in [1.54, 1.807) is 0 Å². The minimum Gasteiger partial charge on any atom is -0.489 e. The van der Waals surface area contributed by atoms with Crippen LogP contribution in [0.3, 0.4) is 0 Å². The molecule has 1 aromatic carbocycles. The summed E-state index contributed by atoms with van der Waals surface area (Å²) in [4.78, 5) is 11.9. The lowest BCUT2D eigenvalue weighted by Gasteiger charge is -2.29. The maximum atomic E-state index is 11.9. The number of ether oxygens (including phenoxy) is 1. The highest BCUT2D eigenvalue weighted by atomic mass is 16.5. The second kappa shape index (κ2) is 8.63. The van der Waals surface area contributed by atoms with Gasteiger partial charge in [-0.25, -0.2) is 4.79 Å². The van der Waals surface area contributed by atoms with Crippen molar-refractivity contribution in [2.45, 2.75) is 52.2 Å². The first kappa shape index (κ1) is 18.3. The van der Waals surface area contributed by atoms with Crippen LogP contribution in [0.4, 0.5) is 4.79 Å². The second-order valence-electron chi connectivity index (χ2n) is 5.96. The van der Waals surface area contributed by atoms with Gasteiger partial charge in [0.05, 0.1) is 6.54 Å². The Kier molecular flexibility index (Phi) is 7.18. The van der Waals surface area contributed by atoms with Gasteiger partial charge in [-0.1, -0.05) is 24.6 Å². The van der Waals surface area contributed by atoms with Gasteiger partial charge in [-0.2, -0.15) is 0 Å². The van der Waals surface area contributed by atoms with Crippen molar-refractivity contribution in [2.75, 3.05) is 13.2 Å². The van der Waals surface area contributed by atoms with E-state index in [0.29, 0.717) is 13.0 Å². The first-order valence-electron chi connectivity index (χ1n) is 7.78. The van der Waals surface area contributed by atoms with Crippen LogP contribution in [0, 0.1) is 6.92 Å². The standard InChI is InChI=1S/C17H28N2O3/c1-5-17(4,10-11-20)19-16(21)18-12-14(3)22-15-8-6-13(2)7-9-15/h6-9,14,20H,5,10-12H2,1-4H3,(H2,18,19,21). The fourth-order valence-electron chi connectivity index (χ4n) is 2.02. The molecular weight excluding hydrogens is 280 g/mol. The van der Waals surface area contributed by atoms with Crippen molar-refractivity contribution in [3.63, 3.8) is 0 Å². The summed E-state index contributed by atoms with van der Waals surface area (Å²) in [6, 6.07) is 7.58. The lowest BCUT2D eigenvalue weighted by atomic mass is 9.95. The van der Waals surface area contributed by atoms with Crippen LogP contribution in [-0.2, 0) is 0 Å². The van der Waals surface area contributed by atoms with Gasteiger partial charge in [-0.15, -0.1) is 0 Å². The lowest BCUT2D eigenvalue weighted by Crippen LogP contribution is -2.51. The van der Waals surface area contributed by atoms with Crippen molar-refractivity contribution < 1.29 is 14.6 Å². The number of carbonyl (C=O) groups is 1. The highest BCUT2D eigenvalue weighted by Crippen LogP contribution is 2.14. The summed E-state index contributed by atoms with van der Waals surface area (Å²) in [5, 5.41) is 14.8. The molecule has 2 atom stereocenters. The van der Waals surface area contributed by atoms with Crippen molar-refractivity contribution >= 4 is 6.03 Å². The number of aryl methyl sites for hydroxylation is 1. The van der Waals surface area contributed by atoms with E-state index < -0.39 is 0 Å². The number of amides is 2. The Balaban J connectivity index is 2.38. The van der Waals surface area contributed by atoms with Gasteiger partial charge in [0.15, 0.2) is 0 Å². The van der Waals surface area contributed by atoms with Crippen LogP contribution in [0.2, 0.25) is 0 Å². The van der Waals surface area contributed by atoms with Crippen molar-refractivity contribution in [3.05, 3.63) is 29.8 Å². The quantitative estimate of drug-likeness (QED) is 0.691. The summed E-state index contributed by atoms with van der Waals surface area (Å²) >= 11 is 0. The molecule has 0 saturated carbocycles. The Morgan fingerprint density at radius 1 is 1.36 bits per heavy atom. The Morgan fingerprint density at radius 2 is 2.00 bits per heavy atom. The number of urea groups is 1. The van der Waals surface area contributed by atoms with Crippen LogP contribution in [-0.4, -0.2) is 35.9 Å². The number of aliphatic hydroxyl groups is 1. The molecule has 0 heterocycles. The number of hydrogen-bond donors (Lipinski definition) is 3. The zero-order valence-electron chi connectivity index (χ0n) is 14.0. The van der Waals surface area contributed by atoms with E-state index in [-0.39, 0.29) is 24.3 Å². The Morgan fingerprint density at radius 3 is 2.55 bits per heavy atom. The van der Waals surface area contributed by atoms with Crippen LogP contribution < -0.4 is 15.4 Å². The summed E-state index contributed by atoms with van der Waals surface area (Å²) in [5.41, 5.74) is 0.792. The molecule has 0 aliphatic heterocycles. The smallest absolute Gasteiger partial charge is 0.315 e. The zero-order chi connectivity index (χ0) is 16.6. The van der Waals surface area contributed by atoms with E-state index in [0.717, 1.165) is 12.2 Å². The zero-order valence-corrected chi connectivity index (χ0v) is 14.0. The number of carbonyl (C=O) groups excluding carboxylic acids is 1. The largest absolute Gasteiger partial charge is 0.489 e. The van der Waals surface area contributed by atoms with Gasteiger partial charge < -0.3 is 20.5 Å². The molecule has 1 rings (SSSR count). The molecular formula is C17H28N2O3. The molecule has 0 aliphatic rings. The molecule has 0 aromatic heterocycles. The molecule has 1 aromatic rings. The molecule has 0 radical (unpaired) electrons. The van der Waals surface area contributed by atoms with Crippen LogP contribution >= 0.6 is 0 Å². The van der Waals surface area contributed by atoms with Crippen molar-refractivity contribution in [1.29, 1.82) is 0 Å². The average Bonchev–Trinajstić information content (AvgIpc) is 2.48. The highest BCUT2D eigenvalue weighted by Gasteiger charge is 2.23. The SMILES string of the molecule is CCC(C)(CCO)NC(=O)NCC(C)Oc1ccc(C)cc1. The van der Waals surface area contributed by atoms with Gasteiger partial charge in [0.25, 0.3) is 0 Å². The number of benzene rings is 1. The van der Waals surface area contributed by atoms with Crippen LogP contribution in [0.15, 0.2) is 24.3 Å². The minimum atomic E-state index is -0.389. The third kappa shape index (κ3) is 6.35. The van der Waals surface area contributed by atoms with E-state index in [9.17, 15) is 4.79 Å². The number of rotatable bonds is 8. The molecule has 0 saturated heterocycles. The van der Waals surface area contributed by atoms with Gasteiger partial charge in [-0.3, -0.25) is 0 Å². The topological polar surface area (TPSA) is 70.6 Å². The van der Waals surface area contributed by atoms with Crippen molar-refractivity contribution in [2.24, 2.45) is 0 Å². The third-order valence-electron chi connectivity index (χ3n) is 3.77. The molecule has 22 heavy (non-hydrogen) atoms. The van der Waals surface area contributed by atoms with Crippen molar-refractivity contribution in [3.8, 4) is 5.75 Å². The fraction of sp³-hybridized carbons (Fsp3) is 0.588. The fourth-order valence-corrected chi connectivity index (χ4v) is 2.02. The summed E-state index contributed by atoms with van der Waals surface area (Å²) in [6.07, 6.45) is 1.17. The maximum absolute atomic E-state index is 11.9. The Bertz CT molecular complexity index is 461. The lowest BCUT2D eigenvalue weighted by molar-refractivity contribution is 0.189. The van der Waals surface area contributed by atoms with Crippen molar-refractivity contribution in [1.82, 2.24) is 10.6 Å². The number of nitrogens with one attached hydrogen (secondary N) is 2. The Labute approximate surface area is 133 Å². The summed E-state index contributed by atoms with van der Waals surface area (Å²) in [5.74, 6) is 0.791. The molecule has 5 heteroatoms. The summed E-state index contributed by atoms with van der Waals surface area (Å²) in [7, 11) is 0. The molecule has 0 bridgehead atoms. The Hall–Kier alpha value is -1.75. The molecule has 5 nitrogen and oxygen atoms in total. The molecule has 2 amide bonds. The molecule has 0 fully saturated rings. The highest BCUT2D eigenvalue weighted by molar-refractivity contribution is 5.74. The molecule has 2 unspecified atom stereocenters. The monoisotopic (exact) mass is 308 g/mol. The third-order valence-corrected chi connectivity index (χ3v) is 3.77. The van der Waals surface area contributed by atoms with Gasteiger partial charge in [0.1, 0.15) is 11.9 Å². The van der Waals surface area contributed by atoms with E-state index in [1.165, 1.54) is 5.56 Å². The normalized spacial score (nSPS) is 14.8. The predicted molar refractivity (Wildman–Crippen MR) is 88.2 cm³/mol. The first-order chi connectivity index (χ1) is 10.4. The molecule has 124 valence electrons. The van der Waals surface area contributed by atoms with Gasteiger partial charge >= 0.3 is 6.03 Å². The van der Waals surface area contributed by atoms with E-state index in [1.807, 2.05) is 52.0 Å². The van der Waals surface area contributed by atoms with Gasteiger partial charge in [0.2, 0.25) is 0 Å². The average molecular weight is 308 g/mol. The molecule has 3 N–H and O–H groups in total. The minimum absolute atomic E-state index is 0.0531. The van der Waals surface area contributed by atoms with E-state index in [2.05, 4.69) is 10.6 Å². The number of hydrogen-bond acceptors (Lipinski definition) is 3. The molecule has 0 aliphatic carbocycles.